The minimum atomic E-state index is -1.28. The highest BCUT2D eigenvalue weighted by Gasteiger charge is 2.48. The molecular formula is C11H10INO3. The maximum atomic E-state index is 12.2. The van der Waals surface area contributed by atoms with Crippen molar-refractivity contribution in [3.8, 4) is 0 Å². The largest absolute Gasteiger partial charge is 0.480 e. The third-order valence-corrected chi connectivity index (χ3v) is 4.30. The summed E-state index contributed by atoms with van der Waals surface area (Å²) in [6, 6.07) is 3.60. The number of nitrogens with zero attached hydrogens (tertiary/aromatic N) is 1. The van der Waals surface area contributed by atoms with Gasteiger partial charge in [-0.05, 0) is 24.5 Å². The molecule has 0 fully saturated rings. The Labute approximate surface area is 106 Å². The number of hydrogen-bond donors (Lipinski definition) is 1. The average Bonchev–Trinajstić information content (AvgIpc) is 2.30. The number of ketones is 1. The van der Waals surface area contributed by atoms with Crippen LogP contribution in [0.4, 0.5) is 0 Å². The van der Waals surface area contributed by atoms with Crippen LogP contribution < -0.4 is 0 Å². The monoisotopic (exact) mass is 331 g/mol. The Morgan fingerprint density at radius 3 is 3.00 bits per heavy atom. The molecule has 0 amide bonds. The van der Waals surface area contributed by atoms with Crippen molar-refractivity contribution < 1.29 is 14.7 Å². The summed E-state index contributed by atoms with van der Waals surface area (Å²) < 4.78 is 0.287. The summed E-state index contributed by atoms with van der Waals surface area (Å²) in [5, 5.41) is 9.23. The van der Waals surface area contributed by atoms with Gasteiger partial charge in [-0.15, -0.1) is 0 Å². The van der Waals surface area contributed by atoms with Crippen LogP contribution in [-0.4, -0.2) is 26.3 Å². The van der Waals surface area contributed by atoms with E-state index in [1.54, 1.807) is 6.07 Å². The van der Waals surface area contributed by atoms with Gasteiger partial charge < -0.3 is 5.11 Å². The molecule has 1 heterocycles. The van der Waals surface area contributed by atoms with Crippen LogP contribution in [0.1, 0.15) is 22.5 Å². The van der Waals surface area contributed by atoms with Gasteiger partial charge in [-0.3, -0.25) is 14.6 Å². The molecular weight excluding hydrogens is 321 g/mol. The van der Waals surface area contributed by atoms with Gasteiger partial charge in [-0.2, -0.15) is 0 Å². The van der Waals surface area contributed by atoms with Crippen molar-refractivity contribution in [3.05, 3.63) is 29.6 Å². The lowest BCUT2D eigenvalue weighted by Gasteiger charge is -2.30. The Morgan fingerprint density at radius 2 is 2.38 bits per heavy atom. The average molecular weight is 331 g/mol. The normalized spacial score (nSPS) is 23.9. The van der Waals surface area contributed by atoms with Gasteiger partial charge in [0.15, 0.2) is 5.78 Å². The van der Waals surface area contributed by atoms with Crippen LogP contribution in [0.25, 0.3) is 0 Å². The molecule has 1 aromatic rings. The van der Waals surface area contributed by atoms with Crippen LogP contribution in [0, 0.1) is 5.41 Å². The summed E-state index contributed by atoms with van der Waals surface area (Å²) in [5.41, 5.74) is -0.0934. The predicted octanol–water partition coefficient (Wildman–Crippen LogP) is 1.72. The maximum Gasteiger partial charge on any atom is 0.318 e. The first-order chi connectivity index (χ1) is 7.62. The first kappa shape index (κ1) is 11.5. The molecule has 0 aromatic carbocycles. The Kier molecular flexibility index (Phi) is 2.96. The van der Waals surface area contributed by atoms with Crippen LogP contribution >= 0.6 is 22.6 Å². The lowest BCUT2D eigenvalue weighted by Crippen LogP contribution is -2.44. The summed E-state index contributed by atoms with van der Waals surface area (Å²) in [7, 11) is 0. The van der Waals surface area contributed by atoms with Crippen LogP contribution in [0.2, 0.25) is 0 Å². The van der Waals surface area contributed by atoms with Crippen molar-refractivity contribution in [2.45, 2.75) is 12.8 Å². The van der Waals surface area contributed by atoms with E-state index in [-0.39, 0.29) is 10.2 Å². The van der Waals surface area contributed by atoms with Crippen molar-refractivity contribution in [1.29, 1.82) is 0 Å². The van der Waals surface area contributed by atoms with Gasteiger partial charge in [0.1, 0.15) is 11.1 Å². The van der Waals surface area contributed by atoms with E-state index in [1.807, 2.05) is 28.7 Å². The van der Waals surface area contributed by atoms with Crippen molar-refractivity contribution >= 4 is 34.3 Å². The van der Waals surface area contributed by atoms with E-state index in [2.05, 4.69) is 4.98 Å². The first-order valence-electron chi connectivity index (χ1n) is 4.90. The molecule has 1 aromatic heterocycles. The SMILES string of the molecule is O=C(O)C1(CI)CCc2cccnc2C1=O. The molecule has 1 aliphatic rings. The standard InChI is InChI=1S/C11H10INO3/c12-6-11(10(15)16)4-3-7-2-1-5-13-8(7)9(11)14/h1-2,5H,3-4,6H2,(H,15,16). The fourth-order valence-electron chi connectivity index (χ4n) is 1.92. The van der Waals surface area contributed by atoms with Crippen molar-refractivity contribution in [1.82, 2.24) is 4.98 Å². The summed E-state index contributed by atoms with van der Waals surface area (Å²) in [6.07, 6.45) is 2.49. The quantitative estimate of drug-likeness (QED) is 0.509. The van der Waals surface area contributed by atoms with E-state index >= 15 is 0 Å². The number of carboxylic acid groups (broad SMARTS) is 1. The molecule has 0 spiro atoms. The number of hydrogen-bond acceptors (Lipinski definition) is 3. The molecule has 0 radical (unpaired) electrons. The van der Waals surface area contributed by atoms with E-state index in [9.17, 15) is 14.7 Å². The molecule has 0 aliphatic heterocycles. The van der Waals surface area contributed by atoms with E-state index in [4.69, 9.17) is 0 Å². The molecule has 5 heteroatoms. The highest BCUT2D eigenvalue weighted by atomic mass is 127. The van der Waals surface area contributed by atoms with Crippen LogP contribution in [0.3, 0.4) is 0 Å². The lowest BCUT2D eigenvalue weighted by atomic mass is 9.73. The number of aliphatic carboxylic acids is 1. The molecule has 4 nitrogen and oxygen atoms in total. The highest BCUT2D eigenvalue weighted by molar-refractivity contribution is 14.1. The van der Waals surface area contributed by atoms with Crippen LogP contribution in [0.5, 0.6) is 0 Å². The van der Waals surface area contributed by atoms with Gasteiger partial charge in [-0.25, -0.2) is 0 Å². The molecule has 84 valence electrons. The third-order valence-electron chi connectivity index (χ3n) is 3.00. The van der Waals surface area contributed by atoms with E-state index in [0.29, 0.717) is 18.5 Å². The number of fused-ring (bicyclic) bond motifs is 1. The van der Waals surface area contributed by atoms with Gasteiger partial charge in [-0.1, -0.05) is 28.7 Å². The van der Waals surface area contributed by atoms with Crippen LogP contribution in [0.15, 0.2) is 18.3 Å². The highest BCUT2D eigenvalue weighted by Crippen LogP contribution is 2.36. The molecule has 0 bridgehead atoms. The number of halogens is 1. The van der Waals surface area contributed by atoms with Crippen molar-refractivity contribution in [2.24, 2.45) is 5.41 Å². The number of pyridine rings is 1. The number of alkyl halides is 1. The zero-order chi connectivity index (χ0) is 11.8. The number of carboxylic acids is 1. The molecule has 1 unspecified atom stereocenters. The molecule has 1 aliphatic carbocycles. The zero-order valence-electron chi connectivity index (χ0n) is 8.44. The van der Waals surface area contributed by atoms with Gasteiger partial charge in [0.25, 0.3) is 0 Å². The number of carbonyl (C=O) groups excluding carboxylic acids is 1. The van der Waals surface area contributed by atoms with Gasteiger partial charge in [0.2, 0.25) is 0 Å². The van der Waals surface area contributed by atoms with E-state index < -0.39 is 11.4 Å². The van der Waals surface area contributed by atoms with Gasteiger partial charge in [0, 0.05) is 10.6 Å². The number of Topliss-reactive ketones (excluding diaryl/α,β-unsaturated/α-hetero) is 1. The summed E-state index contributed by atoms with van der Waals surface area (Å²) in [6.45, 7) is 0. The number of rotatable bonds is 2. The van der Waals surface area contributed by atoms with E-state index in [1.165, 1.54) is 6.20 Å². The van der Waals surface area contributed by atoms with Crippen LogP contribution in [-0.2, 0) is 11.2 Å². The summed E-state index contributed by atoms with van der Waals surface area (Å²) >= 11 is 1.96. The summed E-state index contributed by atoms with van der Waals surface area (Å²) in [4.78, 5) is 27.4. The van der Waals surface area contributed by atoms with Gasteiger partial charge >= 0.3 is 5.97 Å². The number of aryl methyl sites for hydroxylation is 1. The minimum absolute atomic E-state index is 0.287. The first-order valence-corrected chi connectivity index (χ1v) is 6.42. The Bertz CT molecular complexity index is 460. The third kappa shape index (κ3) is 1.53. The molecule has 0 saturated carbocycles. The molecule has 1 atom stereocenters. The second kappa shape index (κ2) is 4.12. The minimum Gasteiger partial charge on any atom is -0.480 e. The summed E-state index contributed by atoms with van der Waals surface area (Å²) in [5.74, 6) is -1.39. The number of aromatic nitrogens is 1. The fourth-order valence-corrected chi connectivity index (χ4v) is 2.98. The lowest BCUT2D eigenvalue weighted by molar-refractivity contribution is -0.145. The maximum absolute atomic E-state index is 12.2. The Hall–Kier alpha value is -0.980. The Morgan fingerprint density at radius 1 is 1.62 bits per heavy atom. The van der Waals surface area contributed by atoms with Crippen molar-refractivity contribution in [3.63, 3.8) is 0 Å². The van der Waals surface area contributed by atoms with E-state index in [0.717, 1.165) is 5.56 Å². The molecule has 1 N–H and O–H groups in total. The Balaban J connectivity index is 2.52. The fraction of sp³-hybridized carbons (Fsp3) is 0.364. The predicted molar refractivity (Wildman–Crippen MR) is 65.8 cm³/mol. The second-order valence-corrected chi connectivity index (χ2v) is 4.62. The zero-order valence-corrected chi connectivity index (χ0v) is 10.6. The second-order valence-electron chi connectivity index (χ2n) is 3.86. The smallest absolute Gasteiger partial charge is 0.318 e. The molecule has 16 heavy (non-hydrogen) atoms. The molecule has 2 rings (SSSR count). The number of carbonyl (C=O) groups is 2. The topological polar surface area (TPSA) is 67.3 Å². The van der Waals surface area contributed by atoms with Crippen molar-refractivity contribution in [2.75, 3.05) is 4.43 Å². The van der Waals surface area contributed by atoms with Gasteiger partial charge in [0.05, 0.1) is 0 Å². The molecule has 0 saturated heterocycles.